The summed E-state index contributed by atoms with van der Waals surface area (Å²) in [5.41, 5.74) is 0. The third-order valence-corrected chi connectivity index (χ3v) is 5.13. The summed E-state index contributed by atoms with van der Waals surface area (Å²) in [7, 11) is -2.91. The molecule has 0 aliphatic carbocycles. The van der Waals surface area contributed by atoms with Crippen LogP contribution in [0.15, 0.2) is 66.5 Å². The van der Waals surface area contributed by atoms with E-state index in [1.54, 1.807) is 24.3 Å². The van der Waals surface area contributed by atoms with Gasteiger partial charge in [-0.15, -0.1) is 0 Å². The molecule has 2 rings (SSSR count). The van der Waals surface area contributed by atoms with Crippen molar-refractivity contribution in [1.82, 2.24) is 0 Å². The molecule has 0 aliphatic heterocycles. The van der Waals surface area contributed by atoms with Crippen molar-refractivity contribution in [1.29, 1.82) is 0 Å². The molecule has 0 N–H and O–H groups in total. The largest absolute Gasteiger partial charge is 0.763 e. The molecule has 0 aliphatic rings. The monoisotopic (exact) mass is 240 g/mol. The van der Waals surface area contributed by atoms with Crippen LogP contribution >= 0.6 is 7.14 Å². The quantitative estimate of drug-likeness (QED) is 0.600. The minimum atomic E-state index is -2.91. The minimum absolute atomic E-state index is 0.688. The van der Waals surface area contributed by atoms with Crippen LogP contribution in [0.4, 0.5) is 0 Å². The van der Waals surface area contributed by atoms with Gasteiger partial charge in [0.1, 0.15) is 0 Å². The Morgan fingerprint density at radius 2 is 1.29 bits per heavy atom. The Labute approximate surface area is 101 Å². The standard InChI is InChI=1S/C14H11NOP/c15-11-12-17(16,13-7-3-1-4-8-13)14-9-5-2-6-10-14/h1-10,12H/q-1. The molecule has 2 aromatic carbocycles. The fourth-order valence-electron chi connectivity index (χ4n) is 1.68. The van der Waals surface area contributed by atoms with Gasteiger partial charge >= 0.3 is 0 Å². The SMILES string of the molecule is [N-]=C=CP(=O)(c1ccccc1)c1ccccc1. The van der Waals surface area contributed by atoms with Crippen molar-refractivity contribution in [3.63, 3.8) is 0 Å². The topological polar surface area (TPSA) is 39.4 Å². The van der Waals surface area contributed by atoms with Gasteiger partial charge in [-0.25, -0.2) is 0 Å². The number of nitrogens with zero attached hydrogens (tertiary/aromatic N) is 1. The third kappa shape index (κ3) is 2.29. The van der Waals surface area contributed by atoms with E-state index in [4.69, 9.17) is 5.41 Å². The average molecular weight is 240 g/mol. The average Bonchev–Trinajstić information content (AvgIpc) is 2.41. The second-order valence-corrected chi connectivity index (χ2v) is 6.19. The van der Waals surface area contributed by atoms with Crippen molar-refractivity contribution in [2.45, 2.75) is 0 Å². The van der Waals surface area contributed by atoms with Crippen LogP contribution in [0.1, 0.15) is 0 Å². The van der Waals surface area contributed by atoms with E-state index in [2.05, 4.69) is 0 Å². The number of benzene rings is 2. The van der Waals surface area contributed by atoms with E-state index in [0.29, 0.717) is 10.6 Å². The predicted molar refractivity (Wildman–Crippen MR) is 72.7 cm³/mol. The van der Waals surface area contributed by atoms with Crippen LogP contribution in [0.3, 0.4) is 0 Å². The molecule has 0 bridgehead atoms. The highest BCUT2D eigenvalue weighted by Crippen LogP contribution is 2.43. The Morgan fingerprint density at radius 3 is 1.65 bits per heavy atom. The van der Waals surface area contributed by atoms with Crippen molar-refractivity contribution in [2.24, 2.45) is 0 Å². The lowest BCUT2D eigenvalue weighted by Gasteiger charge is -2.14. The maximum Gasteiger partial charge on any atom is 0.169 e. The van der Waals surface area contributed by atoms with Gasteiger partial charge in [-0.05, 0) is 0 Å². The molecule has 0 fully saturated rings. The summed E-state index contributed by atoms with van der Waals surface area (Å²) >= 11 is 0. The molecule has 0 unspecified atom stereocenters. The molecule has 3 heteroatoms. The number of rotatable bonds is 3. The van der Waals surface area contributed by atoms with Crippen LogP contribution in [0.2, 0.25) is 0 Å². The van der Waals surface area contributed by atoms with Crippen molar-refractivity contribution < 1.29 is 4.57 Å². The highest BCUT2D eigenvalue weighted by atomic mass is 31.2. The Morgan fingerprint density at radius 1 is 0.882 bits per heavy atom. The van der Waals surface area contributed by atoms with Gasteiger partial charge in [0.15, 0.2) is 7.14 Å². The van der Waals surface area contributed by atoms with Crippen molar-refractivity contribution >= 4 is 23.6 Å². The first-order valence-corrected chi connectivity index (χ1v) is 7.00. The Bertz CT molecular complexity index is 543. The van der Waals surface area contributed by atoms with Gasteiger partial charge in [-0.1, -0.05) is 60.7 Å². The lowest BCUT2D eigenvalue weighted by Crippen LogP contribution is -2.13. The molecule has 2 nitrogen and oxygen atoms in total. The van der Waals surface area contributed by atoms with E-state index >= 15 is 0 Å². The van der Waals surface area contributed by atoms with Gasteiger partial charge in [0, 0.05) is 16.4 Å². The highest BCUT2D eigenvalue weighted by molar-refractivity contribution is 7.81. The minimum Gasteiger partial charge on any atom is -0.763 e. The lowest BCUT2D eigenvalue weighted by molar-refractivity contribution is 0.592. The maximum atomic E-state index is 12.9. The van der Waals surface area contributed by atoms with E-state index in [1.807, 2.05) is 42.3 Å². The van der Waals surface area contributed by atoms with Crippen LogP contribution in [-0.4, -0.2) is 5.87 Å². The molecule has 17 heavy (non-hydrogen) atoms. The fourth-order valence-corrected chi connectivity index (χ4v) is 3.67. The summed E-state index contributed by atoms with van der Waals surface area (Å²) in [6, 6.07) is 18.2. The molecular weight excluding hydrogens is 229 g/mol. The molecule has 0 saturated carbocycles. The molecule has 0 saturated heterocycles. The molecule has 0 radical (unpaired) electrons. The van der Waals surface area contributed by atoms with E-state index in [0.717, 1.165) is 0 Å². The molecule has 0 heterocycles. The van der Waals surface area contributed by atoms with E-state index in [9.17, 15) is 4.57 Å². The van der Waals surface area contributed by atoms with Crippen molar-refractivity contribution in [2.75, 3.05) is 0 Å². The highest BCUT2D eigenvalue weighted by Gasteiger charge is 2.22. The Kier molecular flexibility index (Phi) is 3.39. The number of hydrogen-bond acceptors (Lipinski definition) is 1. The van der Waals surface area contributed by atoms with Crippen LogP contribution < -0.4 is 10.6 Å². The number of hydrogen-bond donors (Lipinski definition) is 0. The van der Waals surface area contributed by atoms with Crippen molar-refractivity contribution in [3.8, 4) is 0 Å². The second-order valence-electron chi connectivity index (χ2n) is 3.59. The van der Waals surface area contributed by atoms with Gasteiger partial charge in [-0.2, -0.15) is 0 Å². The molecule has 84 valence electrons. The van der Waals surface area contributed by atoms with Crippen LogP contribution in [0, 0.1) is 0 Å². The Balaban J connectivity index is 2.64. The van der Waals surface area contributed by atoms with E-state index in [-0.39, 0.29) is 0 Å². The van der Waals surface area contributed by atoms with Gasteiger partial charge in [0.25, 0.3) is 0 Å². The second kappa shape index (κ2) is 4.97. The summed E-state index contributed by atoms with van der Waals surface area (Å²) in [5, 5.41) is 10.2. The maximum absolute atomic E-state index is 12.9. The Hall–Kier alpha value is -1.88. The summed E-state index contributed by atoms with van der Waals surface area (Å²) < 4.78 is 12.9. The summed E-state index contributed by atoms with van der Waals surface area (Å²) in [4.78, 5) is 0. The van der Waals surface area contributed by atoms with Gasteiger partial charge in [-0.3, -0.25) is 5.87 Å². The summed E-state index contributed by atoms with van der Waals surface area (Å²) in [5.74, 6) is 3.16. The molecular formula is C14H11NOP-. The third-order valence-electron chi connectivity index (χ3n) is 2.52. The summed E-state index contributed by atoms with van der Waals surface area (Å²) in [6.45, 7) is 0. The predicted octanol–water partition coefficient (Wildman–Crippen LogP) is 2.75. The zero-order chi connectivity index (χ0) is 12.1. The van der Waals surface area contributed by atoms with Gasteiger partial charge < -0.3 is 9.97 Å². The smallest absolute Gasteiger partial charge is 0.169 e. The van der Waals surface area contributed by atoms with Crippen LogP contribution in [-0.2, 0) is 4.57 Å². The van der Waals surface area contributed by atoms with E-state index < -0.39 is 7.14 Å². The zero-order valence-corrected chi connectivity index (χ0v) is 10.0. The fraction of sp³-hybridized carbons (Fsp3) is 0. The van der Waals surface area contributed by atoms with Crippen molar-refractivity contribution in [3.05, 3.63) is 71.9 Å². The van der Waals surface area contributed by atoms with Gasteiger partial charge in [0.05, 0.1) is 0 Å². The molecule has 0 aromatic heterocycles. The van der Waals surface area contributed by atoms with E-state index in [1.165, 1.54) is 5.82 Å². The normalized spacial score (nSPS) is 10.6. The lowest BCUT2D eigenvalue weighted by atomic mass is 10.4. The molecule has 0 spiro atoms. The van der Waals surface area contributed by atoms with Crippen LogP contribution in [0.25, 0.3) is 5.41 Å². The molecule has 0 atom stereocenters. The first-order chi connectivity index (χ1) is 8.27. The first kappa shape index (κ1) is 11.6. The van der Waals surface area contributed by atoms with Gasteiger partial charge in [0.2, 0.25) is 0 Å². The van der Waals surface area contributed by atoms with Crippen LogP contribution in [0.5, 0.6) is 0 Å². The first-order valence-electron chi connectivity index (χ1n) is 5.22. The summed E-state index contributed by atoms with van der Waals surface area (Å²) in [6.07, 6.45) is 0. The zero-order valence-electron chi connectivity index (χ0n) is 9.15. The molecule has 0 amide bonds. The molecule has 2 aromatic rings.